The quantitative estimate of drug-likeness (QED) is 0.299. The van der Waals surface area contributed by atoms with Crippen LogP contribution in [0.4, 0.5) is 0 Å². The summed E-state index contributed by atoms with van der Waals surface area (Å²) in [6, 6.07) is 23.9. The first-order valence-corrected chi connectivity index (χ1v) is 12.7. The highest BCUT2D eigenvalue weighted by atomic mass is 32.1. The van der Waals surface area contributed by atoms with Crippen LogP contribution in [0.2, 0.25) is 0 Å². The van der Waals surface area contributed by atoms with E-state index in [1.54, 1.807) is 14.0 Å². The lowest BCUT2D eigenvalue weighted by molar-refractivity contribution is -0.130. The van der Waals surface area contributed by atoms with Crippen molar-refractivity contribution in [3.05, 3.63) is 117 Å². The van der Waals surface area contributed by atoms with Crippen molar-refractivity contribution in [3.8, 4) is 16.3 Å². The van der Waals surface area contributed by atoms with Gasteiger partial charge in [-0.3, -0.25) is 9.59 Å². The molecule has 1 amide bonds. The van der Waals surface area contributed by atoms with Crippen LogP contribution in [0.3, 0.4) is 0 Å². The van der Waals surface area contributed by atoms with Crippen molar-refractivity contribution in [2.75, 3.05) is 7.11 Å². The molecule has 1 aliphatic heterocycles. The van der Waals surface area contributed by atoms with Gasteiger partial charge in [0.15, 0.2) is 5.76 Å². The Bertz CT molecular complexity index is 1520. The van der Waals surface area contributed by atoms with Crippen LogP contribution in [0.1, 0.15) is 38.1 Å². The Morgan fingerprint density at radius 3 is 2.41 bits per heavy atom. The molecule has 3 aromatic carbocycles. The number of ether oxygens (including phenoxy) is 1. The van der Waals surface area contributed by atoms with Crippen LogP contribution >= 0.6 is 11.3 Å². The van der Waals surface area contributed by atoms with Gasteiger partial charge in [0.1, 0.15) is 10.8 Å². The normalized spacial score (nSPS) is 15.4. The minimum absolute atomic E-state index is 0.0700. The topological polar surface area (TPSA) is 79.7 Å². The molecule has 37 heavy (non-hydrogen) atoms. The highest BCUT2D eigenvalue weighted by Gasteiger charge is 2.45. The van der Waals surface area contributed by atoms with E-state index < -0.39 is 17.7 Å². The maximum atomic E-state index is 14.0. The molecular weight excluding hydrogens is 484 g/mol. The number of Topliss-reactive ketones (excluding diaryl/α,β-unsaturated/α-hetero) is 1. The highest BCUT2D eigenvalue weighted by molar-refractivity contribution is 7.17. The number of methoxy groups -OCH3 is 1. The molecule has 1 N–H and O–H groups in total. The SMILES string of the molecule is COc1ccccc1CN1C(=O)C(O)=C(C(=O)c2sc(-c3ccccc3)nc2C)C1c1ccccc1C. The van der Waals surface area contributed by atoms with Gasteiger partial charge in [-0.1, -0.05) is 72.8 Å². The molecule has 186 valence electrons. The number of thiazole rings is 1. The largest absolute Gasteiger partial charge is 0.503 e. The number of carbonyl (C=O) groups is 2. The van der Waals surface area contributed by atoms with Crippen molar-refractivity contribution in [1.82, 2.24) is 9.88 Å². The summed E-state index contributed by atoms with van der Waals surface area (Å²) in [7, 11) is 1.57. The molecule has 1 atom stereocenters. The number of amides is 1. The van der Waals surface area contributed by atoms with Gasteiger partial charge in [0.25, 0.3) is 5.91 Å². The Hall–Kier alpha value is -4.23. The number of nitrogens with zero attached hydrogens (tertiary/aromatic N) is 2. The molecule has 1 aliphatic rings. The number of rotatable bonds is 7. The highest BCUT2D eigenvalue weighted by Crippen LogP contribution is 2.43. The van der Waals surface area contributed by atoms with Crippen LogP contribution in [0.15, 0.2) is 90.2 Å². The van der Waals surface area contributed by atoms with Crippen molar-refractivity contribution in [3.63, 3.8) is 0 Å². The van der Waals surface area contributed by atoms with E-state index in [9.17, 15) is 14.7 Å². The van der Waals surface area contributed by atoms with Crippen LogP contribution in [0, 0.1) is 13.8 Å². The molecule has 6 nitrogen and oxygen atoms in total. The van der Waals surface area contributed by atoms with Gasteiger partial charge in [-0.2, -0.15) is 0 Å². The third-order valence-corrected chi connectivity index (χ3v) is 7.79. The summed E-state index contributed by atoms with van der Waals surface area (Å²) >= 11 is 1.27. The van der Waals surface area contributed by atoms with Crippen LogP contribution in [0.5, 0.6) is 5.75 Å². The third-order valence-electron chi connectivity index (χ3n) is 6.59. The second-order valence-electron chi connectivity index (χ2n) is 8.90. The van der Waals surface area contributed by atoms with Crippen LogP contribution in [-0.2, 0) is 11.3 Å². The Labute approximate surface area is 219 Å². The number of hydrogen-bond donors (Lipinski definition) is 1. The van der Waals surface area contributed by atoms with Crippen LogP contribution < -0.4 is 4.74 Å². The first-order valence-electron chi connectivity index (χ1n) is 11.9. The zero-order valence-electron chi connectivity index (χ0n) is 20.8. The fraction of sp³-hybridized carbons (Fsp3) is 0.167. The number of ketones is 1. The maximum absolute atomic E-state index is 14.0. The minimum atomic E-state index is -0.757. The monoisotopic (exact) mass is 510 g/mol. The number of aryl methyl sites for hydroxylation is 2. The number of para-hydroxylation sites is 1. The van der Waals surface area contributed by atoms with Gasteiger partial charge in [-0.25, -0.2) is 4.98 Å². The van der Waals surface area contributed by atoms with Gasteiger partial charge in [0, 0.05) is 11.1 Å². The lowest BCUT2D eigenvalue weighted by Crippen LogP contribution is -2.31. The molecule has 0 saturated carbocycles. The molecule has 2 heterocycles. The summed E-state index contributed by atoms with van der Waals surface area (Å²) in [6.07, 6.45) is 0. The fourth-order valence-corrected chi connectivity index (χ4v) is 5.74. The second kappa shape index (κ2) is 10.0. The lowest BCUT2D eigenvalue weighted by atomic mass is 9.92. The molecular formula is C30H26N2O4S. The van der Waals surface area contributed by atoms with Gasteiger partial charge in [-0.05, 0) is 31.0 Å². The van der Waals surface area contributed by atoms with E-state index in [2.05, 4.69) is 4.98 Å². The zero-order valence-corrected chi connectivity index (χ0v) is 21.6. The number of carbonyl (C=O) groups excluding carboxylic acids is 2. The molecule has 0 aliphatic carbocycles. The predicted octanol–water partition coefficient (Wildman–Crippen LogP) is 6.21. The lowest BCUT2D eigenvalue weighted by Gasteiger charge is -2.28. The van der Waals surface area contributed by atoms with Crippen molar-refractivity contribution in [2.45, 2.75) is 26.4 Å². The summed E-state index contributed by atoms with van der Waals surface area (Å²) in [5, 5.41) is 11.8. The number of hydrogen-bond acceptors (Lipinski definition) is 6. The number of benzene rings is 3. The van der Waals surface area contributed by atoms with E-state index in [0.717, 1.165) is 22.3 Å². The average molecular weight is 511 g/mol. The molecule has 0 radical (unpaired) electrons. The van der Waals surface area contributed by atoms with Crippen molar-refractivity contribution < 1.29 is 19.4 Å². The molecule has 4 aromatic rings. The Balaban J connectivity index is 1.60. The summed E-state index contributed by atoms with van der Waals surface area (Å²) in [5.41, 5.74) is 4.01. The zero-order chi connectivity index (χ0) is 26.1. The second-order valence-corrected chi connectivity index (χ2v) is 9.89. The molecule has 1 unspecified atom stereocenters. The Morgan fingerprint density at radius 2 is 1.68 bits per heavy atom. The van der Waals surface area contributed by atoms with Crippen LogP contribution in [0.25, 0.3) is 10.6 Å². The van der Waals surface area contributed by atoms with E-state index >= 15 is 0 Å². The first-order chi connectivity index (χ1) is 17.9. The Morgan fingerprint density at radius 1 is 1.00 bits per heavy atom. The molecule has 0 saturated heterocycles. The van der Waals surface area contributed by atoms with Gasteiger partial charge < -0.3 is 14.7 Å². The van der Waals surface area contributed by atoms with Crippen LogP contribution in [-0.4, -0.2) is 33.8 Å². The number of aliphatic hydroxyl groups is 1. The molecule has 0 bridgehead atoms. The summed E-state index contributed by atoms with van der Waals surface area (Å²) < 4.78 is 5.50. The van der Waals surface area contributed by atoms with Crippen molar-refractivity contribution >= 4 is 23.0 Å². The molecule has 5 rings (SSSR count). The molecule has 0 spiro atoms. The number of aromatic nitrogens is 1. The molecule has 1 aromatic heterocycles. The third kappa shape index (κ3) is 4.42. The van der Waals surface area contributed by atoms with E-state index in [-0.39, 0.29) is 17.9 Å². The van der Waals surface area contributed by atoms with E-state index in [1.165, 1.54) is 16.2 Å². The van der Waals surface area contributed by atoms with E-state index in [4.69, 9.17) is 4.74 Å². The van der Waals surface area contributed by atoms with Gasteiger partial charge in [-0.15, -0.1) is 11.3 Å². The van der Waals surface area contributed by atoms with E-state index in [1.807, 2.05) is 85.8 Å². The van der Waals surface area contributed by atoms with Gasteiger partial charge in [0.05, 0.1) is 35.8 Å². The fourth-order valence-electron chi connectivity index (χ4n) is 4.72. The van der Waals surface area contributed by atoms with Crippen molar-refractivity contribution in [2.24, 2.45) is 0 Å². The predicted molar refractivity (Wildman–Crippen MR) is 144 cm³/mol. The molecule has 0 fully saturated rings. The standard InChI is InChI=1S/C30H26N2O4S/c1-18-11-7-9-15-22(18)25-24(26(33)28-19(2)31-29(37-28)20-12-5-4-6-13-20)27(34)30(35)32(25)17-21-14-8-10-16-23(21)36-3/h4-16,25,34H,17H2,1-3H3. The molecule has 7 heteroatoms. The minimum Gasteiger partial charge on any atom is -0.503 e. The summed E-state index contributed by atoms with van der Waals surface area (Å²) in [6.45, 7) is 3.88. The first kappa shape index (κ1) is 24.5. The number of aliphatic hydroxyl groups excluding tert-OH is 1. The Kier molecular flexibility index (Phi) is 6.63. The summed E-state index contributed by atoms with van der Waals surface area (Å²) in [4.78, 5) is 34.1. The average Bonchev–Trinajstić information content (AvgIpc) is 3.42. The smallest absolute Gasteiger partial charge is 0.290 e. The summed E-state index contributed by atoms with van der Waals surface area (Å²) in [5.74, 6) is -0.877. The van der Waals surface area contributed by atoms with Crippen molar-refractivity contribution in [1.29, 1.82) is 0 Å². The maximum Gasteiger partial charge on any atom is 0.290 e. The van der Waals surface area contributed by atoms with Gasteiger partial charge in [0.2, 0.25) is 5.78 Å². The van der Waals surface area contributed by atoms with E-state index in [0.29, 0.717) is 21.3 Å². The van der Waals surface area contributed by atoms with Gasteiger partial charge >= 0.3 is 0 Å².